The van der Waals surface area contributed by atoms with E-state index in [1.54, 1.807) is 24.5 Å². The first-order valence-electron chi connectivity index (χ1n) is 5.71. The Hall–Kier alpha value is -2.63. The number of aromatic nitrogens is 2. The number of likely N-dealkylation sites (N-methyl/N-ethyl adjacent to an activating group) is 1. The van der Waals surface area contributed by atoms with Gasteiger partial charge < -0.3 is 10.6 Å². The highest BCUT2D eigenvalue weighted by Crippen LogP contribution is 2.18. The summed E-state index contributed by atoms with van der Waals surface area (Å²) < 4.78 is 0. The average Bonchev–Trinajstić information content (AvgIpc) is 2.91. The van der Waals surface area contributed by atoms with Crippen LogP contribution in [0.3, 0.4) is 0 Å². The molecule has 2 rings (SSSR count). The minimum Gasteiger partial charge on any atom is -0.368 e. The molecular formula is C13H14N4O2. The summed E-state index contributed by atoms with van der Waals surface area (Å²) in [4.78, 5) is 24.0. The third kappa shape index (κ3) is 2.98. The summed E-state index contributed by atoms with van der Waals surface area (Å²) in [7, 11) is 1.54. The molecule has 3 N–H and O–H groups in total. The number of rotatable bonds is 4. The number of carbonyl (C=O) groups is 2. The van der Waals surface area contributed by atoms with Crippen molar-refractivity contribution in [3.05, 3.63) is 42.2 Å². The first-order valence-corrected chi connectivity index (χ1v) is 5.71. The quantitative estimate of drug-likeness (QED) is 0.842. The number of H-pyrrole nitrogens is 1. The number of carbonyl (C=O) groups excluding carboxylic acids is 2. The van der Waals surface area contributed by atoms with Gasteiger partial charge in [0.25, 0.3) is 5.91 Å². The van der Waals surface area contributed by atoms with Crippen LogP contribution < -0.4 is 5.73 Å². The number of benzene rings is 1. The van der Waals surface area contributed by atoms with E-state index in [0.717, 1.165) is 11.1 Å². The molecule has 0 aliphatic rings. The van der Waals surface area contributed by atoms with Crippen molar-refractivity contribution in [3.63, 3.8) is 0 Å². The van der Waals surface area contributed by atoms with Crippen LogP contribution in [0.1, 0.15) is 10.4 Å². The number of aromatic amines is 1. The van der Waals surface area contributed by atoms with Crippen LogP contribution in [0.15, 0.2) is 36.7 Å². The van der Waals surface area contributed by atoms with E-state index in [9.17, 15) is 9.59 Å². The van der Waals surface area contributed by atoms with Crippen LogP contribution in [0.4, 0.5) is 0 Å². The Morgan fingerprint density at radius 1 is 1.26 bits per heavy atom. The van der Waals surface area contributed by atoms with Gasteiger partial charge in [-0.05, 0) is 17.7 Å². The van der Waals surface area contributed by atoms with Gasteiger partial charge in [-0.2, -0.15) is 5.10 Å². The Morgan fingerprint density at radius 2 is 1.95 bits per heavy atom. The highest BCUT2D eigenvalue weighted by Gasteiger charge is 2.13. The molecule has 6 heteroatoms. The molecule has 0 fully saturated rings. The molecule has 2 amide bonds. The summed E-state index contributed by atoms with van der Waals surface area (Å²) >= 11 is 0. The zero-order valence-electron chi connectivity index (χ0n) is 10.5. The van der Waals surface area contributed by atoms with Crippen LogP contribution in [-0.2, 0) is 4.79 Å². The minimum atomic E-state index is -0.536. The molecule has 0 saturated carbocycles. The summed E-state index contributed by atoms with van der Waals surface area (Å²) in [6.07, 6.45) is 3.48. The van der Waals surface area contributed by atoms with Gasteiger partial charge in [0.1, 0.15) is 0 Å². The number of hydrogen-bond acceptors (Lipinski definition) is 3. The van der Waals surface area contributed by atoms with E-state index in [1.165, 1.54) is 11.9 Å². The highest BCUT2D eigenvalue weighted by molar-refractivity contribution is 5.96. The third-order valence-electron chi connectivity index (χ3n) is 2.70. The molecule has 1 heterocycles. The van der Waals surface area contributed by atoms with Gasteiger partial charge in [-0.1, -0.05) is 12.1 Å². The second kappa shape index (κ2) is 5.34. The highest BCUT2D eigenvalue weighted by atomic mass is 16.2. The number of primary amides is 1. The summed E-state index contributed by atoms with van der Waals surface area (Å²) in [6.45, 7) is -0.0949. The molecular weight excluding hydrogens is 244 g/mol. The van der Waals surface area contributed by atoms with Gasteiger partial charge in [0.05, 0.1) is 12.7 Å². The van der Waals surface area contributed by atoms with Gasteiger partial charge in [-0.25, -0.2) is 0 Å². The predicted octanol–water partition coefficient (Wildman–Crippen LogP) is 0.634. The molecule has 2 aromatic rings. The van der Waals surface area contributed by atoms with Crippen molar-refractivity contribution in [1.82, 2.24) is 15.1 Å². The molecule has 19 heavy (non-hydrogen) atoms. The predicted molar refractivity (Wildman–Crippen MR) is 70.2 cm³/mol. The van der Waals surface area contributed by atoms with Crippen LogP contribution in [0, 0.1) is 0 Å². The fourth-order valence-corrected chi connectivity index (χ4v) is 1.74. The largest absolute Gasteiger partial charge is 0.368 e. The van der Waals surface area contributed by atoms with Gasteiger partial charge in [0.2, 0.25) is 5.91 Å². The van der Waals surface area contributed by atoms with E-state index in [0.29, 0.717) is 5.56 Å². The van der Waals surface area contributed by atoms with Gasteiger partial charge >= 0.3 is 0 Å². The fraction of sp³-hybridized carbons (Fsp3) is 0.154. The second-order valence-corrected chi connectivity index (χ2v) is 4.19. The van der Waals surface area contributed by atoms with E-state index < -0.39 is 5.91 Å². The van der Waals surface area contributed by atoms with Crippen molar-refractivity contribution >= 4 is 11.8 Å². The third-order valence-corrected chi connectivity index (χ3v) is 2.70. The average molecular weight is 258 g/mol. The van der Waals surface area contributed by atoms with Crippen molar-refractivity contribution in [2.24, 2.45) is 5.73 Å². The molecule has 1 aromatic heterocycles. The number of nitrogens with zero attached hydrogens (tertiary/aromatic N) is 2. The van der Waals surface area contributed by atoms with E-state index in [2.05, 4.69) is 10.2 Å². The maximum absolute atomic E-state index is 12.0. The summed E-state index contributed by atoms with van der Waals surface area (Å²) in [6, 6.07) is 7.08. The first kappa shape index (κ1) is 12.8. The van der Waals surface area contributed by atoms with Gasteiger partial charge in [-0.3, -0.25) is 14.7 Å². The van der Waals surface area contributed by atoms with Crippen LogP contribution in [0.2, 0.25) is 0 Å². The number of nitrogens with two attached hydrogens (primary N) is 1. The summed E-state index contributed by atoms with van der Waals surface area (Å²) in [5.41, 5.74) is 7.47. The van der Waals surface area contributed by atoms with Gasteiger partial charge in [0, 0.05) is 24.4 Å². The maximum atomic E-state index is 12.0. The van der Waals surface area contributed by atoms with Crippen molar-refractivity contribution in [2.75, 3.05) is 13.6 Å². The van der Waals surface area contributed by atoms with Crippen LogP contribution in [0.5, 0.6) is 0 Å². The molecule has 0 spiro atoms. The van der Waals surface area contributed by atoms with Crippen LogP contribution in [0.25, 0.3) is 11.1 Å². The topological polar surface area (TPSA) is 92.1 Å². The van der Waals surface area contributed by atoms with Crippen LogP contribution in [-0.4, -0.2) is 40.5 Å². The Morgan fingerprint density at radius 3 is 2.47 bits per heavy atom. The maximum Gasteiger partial charge on any atom is 0.254 e. The summed E-state index contributed by atoms with van der Waals surface area (Å²) in [5, 5.41) is 6.59. The number of amides is 2. The lowest BCUT2D eigenvalue weighted by Crippen LogP contribution is -2.35. The second-order valence-electron chi connectivity index (χ2n) is 4.19. The Balaban J connectivity index is 2.14. The minimum absolute atomic E-state index is 0.0949. The Labute approximate surface area is 110 Å². The molecule has 0 atom stereocenters. The lowest BCUT2D eigenvalue weighted by Gasteiger charge is -2.15. The van der Waals surface area contributed by atoms with E-state index in [1.807, 2.05) is 12.1 Å². The fourth-order valence-electron chi connectivity index (χ4n) is 1.74. The molecule has 0 bridgehead atoms. The number of hydrogen-bond donors (Lipinski definition) is 2. The lowest BCUT2D eigenvalue weighted by atomic mass is 10.1. The zero-order valence-corrected chi connectivity index (χ0v) is 10.5. The zero-order chi connectivity index (χ0) is 13.8. The normalized spacial score (nSPS) is 10.2. The molecule has 98 valence electrons. The number of nitrogens with one attached hydrogen (secondary N) is 1. The molecule has 0 aliphatic heterocycles. The first-order chi connectivity index (χ1) is 9.08. The van der Waals surface area contributed by atoms with Crippen molar-refractivity contribution in [2.45, 2.75) is 0 Å². The SMILES string of the molecule is CN(CC(N)=O)C(=O)c1ccc(-c2cn[nH]c2)cc1. The molecule has 0 radical (unpaired) electrons. The lowest BCUT2D eigenvalue weighted by molar-refractivity contribution is -0.118. The van der Waals surface area contributed by atoms with E-state index >= 15 is 0 Å². The standard InChI is InChI=1S/C13H14N4O2/c1-17(8-12(14)18)13(19)10-4-2-9(3-5-10)11-6-15-16-7-11/h2-7H,8H2,1H3,(H2,14,18)(H,15,16). The van der Waals surface area contributed by atoms with Gasteiger partial charge in [0.15, 0.2) is 0 Å². The molecule has 6 nitrogen and oxygen atoms in total. The molecule has 1 aromatic carbocycles. The van der Waals surface area contributed by atoms with Crippen LogP contribution >= 0.6 is 0 Å². The smallest absolute Gasteiger partial charge is 0.254 e. The molecule has 0 saturated heterocycles. The van der Waals surface area contributed by atoms with Gasteiger partial charge in [-0.15, -0.1) is 0 Å². The van der Waals surface area contributed by atoms with Crippen molar-refractivity contribution in [3.8, 4) is 11.1 Å². The van der Waals surface area contributed by atoms with E-state index in [-0.39, 0.29) is 12.5 Å². The van der Waals surface area contributed by atoms with E-state index in [4.69, 9.17) is 5.73 Å². The van der Waals surface area contributed by atoms with Crippen molar-refractivity contribution in [1.29, 1.82) is 0 Å². The molecule has 0 aliphatic carbocycles. The molecule has 0 unspecified atom stereocenters. The monoisotopic (exact) mass is 258 g/mol. The Bertz CT molecular complexity index is 575. The summed E-state index contributed by atoms with van der Waals surface area (Å²) in [5.74, 6) is -0.775. The Kier molecular flexibility index (Phi) is 3.61. The van der Waals surface area contributed by atoms with Crippen molar-refractivity contribution < 1.29 is 9.59 Å².